The minimum Gasteiger partial charge on any atom is -0.504 e. The quantitative estimate of drug-likeness (QED) is 0.398. The van der Waals surface area contributed by atoms with Crippen LogP contribution in [-0.2, 0) is 11.3 Å². The maximum Gasteiger partial charge on any atom is 0.230 e. The van der Waals surface area contributed by atoms with Crippen LogP contribution in [0.2, 0.25) is 0 Å². The molecule has 4 N–H and O–H groups in total. The SMILES string of the molecule is COc1ccc2nc(SCC(=O)NCc3ccc(O)c(O)c3)[nH]c2c1. The van der Waals surface area contributed by atoms with Crippen LogP contribution in [0.4, 0.5) is 0 Å². The predicted molar refractivity (Wildman–Crippen MR) is 95.0 cm³/mol. The number of hydrogen-bond donors (Lipinski definition) is 4. The number of carbonyl (C=O) groups is 1. The first-order chi connectivity index (χ1) is 12.0. The first kappa shape index (κ1) is 17.0. The summed E-state index contributed by atoms with van der Waals surface area (Å²) in [7, 11) is 1.60. The van der Waals surface area contributed by atoms with E-state index in [2.05, 4.69) is 15.3 Å². The lowest BCUT2D eigenvalue weighted by molar-refractivity contribution is -0.118. The normalized spacial score (nSPS) is 10.8. The third-order valence-corrected chi connectivity index (χ3v) is 4.41. The number of thioether (sulfide) groups is 1. The summed E-state index contributed by atoms with van der Waals surface area (Å²) in [4.78, 5) is 19.5. The van der Waals surface area contributed by atoms with Crippen LogP contribution < -0.4 is 10.1 Å². The number of nitrogens with zero attached hydrogens (tertiary/aromatic N) is 1. The van der Waals surface area contributed by atoms with Crippen molar-refractivity contribution in [2.45, 2.75) is 11.7 Å². The number of amides is 1. The highest BCUT2D eigenvalue weighted by molar-refractivity contribution is 7.99. The van der Waals surface area contributed by atoms with Crippen LogP contribution in [-0.4, -0.2) is 39.0 Å². The number of H-pyrrole nitrogens is 1. The Bertz CT molecular complexity index is 910. The monoisotopic (exact) mass is 359 g/mol. The molecule has 3 aromatic rings. The first-order valence-corrected chi connectivity index (χ1v) is 8.48. The molecule has 25 heavy (non-hydrogen) atoms. The van der Waals surface area contributed by atoms with E-state index in [1.807, 2.05) is 18.2 Å². The Balaban J connectivity index is 1.54. The number of phenols is 2. The van der Waals surface area contributed by atoms with E-state index in [1.165, 1.54) is 23.9 Å². The Labute approximate surface area is 148 Å². The lowest BCUT2D eigenvalue weighted by Gasteiger charge is -2.06. The number of imidazole rings is 1. The van der Waals surface area contributed by atoms with Crippen molar-refractivity contribution in [1.29, 1.82) is 0 Å². The number of aromatic nitrogens is 2. The molecule has 3 rings (SSSR count). The Morgan fingerprint density at radius 2 is 2.08 bits per heavy atom. The summed E-state index contributed by atoms with van der Waals surface area (Å²) < 4.78 is 5.17. The topological polar surface area (TPSA) is 107 Å². The van der Waals surface area contributed by atoms with Gasteiger partial charge in [0.15, 0.2) is 16.7 Å². The smallest absolute Gasteiger partial charge is 0.230 e. The molecule has 7 nitrogen and oxygen atoms in total. The van der Waals surface area contributed by atoms with Crippen LogP contribution in [0, 0.1) is 0 Å². The van der Waals surface area contributed by atoms with Gasteiger partial charge in [-0.15, -0.1) is 0 Å². The van der Waals surface area contributed by atoms with E-state index in [1.54, 1.807) is 13.2 Å². The molecule has 0 aliphatic rings. The zero-order valence-electron chi connectivity index (χ0n) is 13.4. The highest BCUT2D eigenvalue weighted by atomic mass is 32.2. The van der Waals surface area contributed by atoms with Gasteiger partial charge in [0.2, 0.25) is 5.91 Å². The van der Waals surface area contributed by atoms with Gasteiger partial charge in [-0.3, -0.25) is 4.79 Å². The lowest BCUT2D eigenvalue weighted by atomic mass is 10.2. The summed E-state index contributed by atoms with van der Waals surface area (Å²) in [6.45, 7) is 0.268. The van der Waals surface area contributed by atoms with E-state index >= 15 is 0 Å². The van der Waals surface area contributed by atoms with E-state index < -0.39 is 0 Å². The minimum absolute atomic E-state index is 0.157. The number of benzene rings is 2. The van der Waals surface area contributed by atoms with Crippen molar-refractivity contribution in [3.05, 3.63) is 42.0 Å². The van der Waals surface area contributed by atoms with Crippen LogP contribution in [0.5, 0.6) is 17.2 Å². The fourth-order valence-corrected chi connectivity index (χ4v) is 2.94. The van der Waals surface area contributed by atoms with Gasteiger partial charge in [-0.1, -0.05) is 17.8 Å². The van der Waals surface area contributed by atoms with E-state index in [0.29, 0.717) is 10.7 Å². The van der Waals surface area contributed by atoms with Crippen LogP contribution in [0.15, 0.2) is 41.6 Å². The second-order valence-electron chi connectivity index (χ2n) is 5.31. The molecular weight excluding hydrogens is 342 g/mol. The first-order valence-electron chi connectivity index (χ1n) is 7.49. The van der Waals surface area contributed by atoms with Gasteiger partial charge >= 0.3 is 0 Å². The Morgan fingerprint density at radius 3 is 2.84 bits per heavy atom. The average Bonchev–Trinajstić information content (AvgIpc) is 3.02. The number of nitrogens with one attached hydrogen (secondary N) is 2. The number of carbonyl (C=O) groups excluding carboxylic acids is 1. The summed E-state index contributed by atoms with van der Waals surface area (Å²) >= 11 is 1.30. The van der Waals surface area contributed by atoms with Gasteiger partial charge in [-0.25, -0.2) is 4.98 Å². The molecule has 0 unspecified atom stereocenters. The van der Waals surface area contributed by atoms with E-state index in [4.69, 9.17) is 4.74 Å². The second-order valence-corrected chi connectivity index (χ2v) is 6.28. The predicted octanol–water partition coefficient (Wildman–Crippen LogP) is 2.39. The van der Waals surface area contributed by atoms with Crippen molar-refractivity contribution in [3.63, 3.8) is 0 Å². The summed E-state index contributed by atoms with van der Waals surface area (Å²) in [5.74, 6) is 0.394. The summed E-state index contributed by atoms with van der Waals surface area (Å²) in [5.41, 5.74) is 2.36. The molecule has 130 valence electrons. The third-order valence-electron chi connectivity index (χ3n) is 3.54. The van der Waals surface area contributed by atoms with Crippen LogP contribution >= 0.6 is 11.8 Å². The van der Waals surface area contributed by atoms with Crippen LogP contribution in [0.3, 0.4) is 0 Å². The summed E-state index contributed by atoms with van der Waals surface area (Å²) in [5, 5.41) is 22.1. The van der Waals surface area contributed by atoms with Gasteiger partial charge in [0.1, 0.15) is 5.75 Å². The molecule has 8 heteroatoms. The maximum atomic E-state index is 12.0. The standard InChI is InChI=1S/C17H17N3O4S/c1-24-11-3-4-12-13(7-11)20-17(19-12)25-9-16(23)18-8-10-2-5-14(21)15(22)6-10/h2-7,21-22H,8-9H2,1H3,(H,18,23)(H,19,20). The third kappa shape index (κ3) is 4.16. The summed E-state index contributed by atoms with van der Waals surface area (Å²) in [6, 6.07) is 9.96. The number of hydrogen-bond acceptors (Lipinski definition) is 6. The van der Waals surface area contributed by atoms with Crippen LogP contribution in [0.25, 0.3) is 11.0 Å². The number of phenolic OH excluding ortho intramolecular Hbond substituents is 2. The fraction of sp³-hybridized carbons (Fsp3) is 0.176. The lowest BCUT2D eigenvalue weighted by Crippen LogP contribution is -2.24. The highest BCUT2D eigenvalue weighted by Crippen LogP contribution is 2.25. The minimum atomic E-state index is -0.209. The molecule has 0 saturated heterocycles. The van der Waals surface area contributed by atoms with Gasteiger partial charge in [-0.2, -0.15) is 0 Å². The Morgan fingerprint density at radius 1 is 1.24 bits per heavy atom. The van der Waals surface area contributed by atoms with Crippen molar-refractivity contribution in [1.82, 2.24) is 15.3 Å². The van der Waals surface area contributed by atoms with Crippen molar-refractivity contribution in [3.8, 4) is 17.2 Å². The van der Waals surface area contributed by atoms with Crippen LogP contribution in [0.1, 0.15) is 5.56 Å². The van der Waals surface area contributed by atoms with Crippen molar-refractivity contribution < 1.29 is 19.7 Å². The molecule has 0 fully saturated rings. The van der Waals surface area contributed by atoms with Crippen molar-refractivity contribution >= 4 is 28.7 Å². The Kier molecular flexibility index (Phi) is 4.99. The molecule has 1 aromatic heterocycles. The average molecular weight is 359 g/mol. The number of methoxy groups -OCH3 is 1. The van der Waals surface area contributed by atoms with Crippen molar-refractivity contribution in [2.24, 2.45) is 0 Å². The molecule has 0 bridgehead atoms. The zero-order chi connectivity index (χ0) is 17.8. The molecule has 0 saturated carbocycles. The zero-order valence-corrected chi connectivity index (χ0v) is 14.3. The van der Waals surface area contributed by atoms with Gasteiger partial charge in [0.05, 0.1) is 23.9 Å². The molecule has 0 aliphatic carbocycles. The number of fused-ring (bicyclic) bond motifs is 1. The molecular formula is C17H17N3O4S. The number of aromatic hydroxyl groups is 2. The van der Waals surface area contributed by atoms with Gasteiger partial charge in [0, 0.05) is 12.6 Å². The molecule has 0 aliphatic heterocycles. The largest absolute Gasteiger partial charge is 0.504 e. The van der Waals surface area contributed by atoms with Crippen molar-refractivity contribution in [2.75, 3.05) is 12.9 Å². The number of rotatable bonds is 6. The second kappa shape index (κ2) is 7.35. The molecule has 1 heterocycles. The number of aromatic amines is 1. The summed E-state index contributed by atoms with van der Waals surface area (Å²) in [6.07, 6.45) is 0. The fourth-order valence-electron chi connectivity index (χ4n) is 2.23. The molecule has 2 aromatic carbocycles. The highest BCUT2D eigenvalue weighted by Gasteiger charge is 2.08. The number of ether oxygens (including phenoxy) is 1. The molecule has 0 radical (unpaired) electrons. The van der Waals surface area contributed by atoms with Gasteiger partial charge < -0.3 is 25.3 Å². The maximum absolute atomic E-state index is 12.0. The molecule has 1 amide bonds. The van der Waals surface area contributed by atoms with Gasteiger partial charge in [0.25, 0.3) is 0 Å². The molecule has 0 atom stereocenters. The van der Waals surface area contributed by atoms with E-state index in [9.17, 15) is 15.0 Å². The van der Waals surface area contributed by atoms with Gasteiger partial charge in [-0.05, 0) is 29.8 Å². The molecule has 0 spiro atoms. The Hall–Kier alpha value is -2.87. The van der Waals surface area contributed by atoms with E-state index in [-0.39, 0.29) is 29.7 Å². The van der Waals surface area contributed by atoms with E-state index in [0.717, 1.165) is 16.8 Å².